The molecule has 1 aliphatic rings. The van der Waals surface area contributed by atoms with Gasteiger partial charge < -0.3 is 18.9 Å². The van der Waals surface area contributed by atoms with E-state index in [1.807, 2.05) is 0 Å². The first-order valence-electron chi connectivity index (χ1n) is 11.2. The standard InChI is InChI=1S/C26H21Cl2NO8/c27-19-9-5-16(6-10-19)25(30)35-15-23-22(37-26(31)17-7-11-20(28)12-8-17)13-24(36-23)34-14-18-3-1-2-4-21(18)29(32)33/h1-12,22-24H,13-15H2/t22-,23+,24-/m0/s1. The quantitative estimate of drug-likeness (QED) is 0.193. The number of nitro benzene ring substituents is 1. The molecule has 1 fully saturated rings. The summed E-state index contributed by atoms with van der Waals surface area (Å²) in [4.78, 5) is 35.9. The molecule has 3 atom stereocenters. The minimum Gasteiger partial charge on any atom is -0.459 e. The summed E-state index contributed by atoms with van der Waals surface area (Å²) in [5, 5.41) is 12.2. The number of nitro groups is 1. The third-order valence-electron chi connectivity index (χ3n) is 5.58. The first-order chi connectivity index (χ1) is 17.8. The van der Waals surface area contributed by atoms with Crippen LogP contribution in [0.4, 0.5) is 5.69 Å². The molecular weight excluding hydrogens is 525 g/mol. The molecule has 0 unspecified atom stereocenters. The van der Waals surface area contributed by atoms with Crippen LogP contribution in [-0.2, 0) is 25.6 Å². The van der Waals surface area contributed by atoms with E-state index in [0.29, 0.717) is 21.2 Å². The molecule has 0 radical (unpaired) electrons. The molecule has 1 saturated heterocycles. The monoisotopic (exact) mass is 545 g/mol. The molecule has 9 nitrogen and oxygen atoms in total. The molecule has 11 heteroatoms. The second kappa shape index (κ2) is 12.2. The first-order valence-corrected chi connectivity index (χ1v) is 11.9. The van der Waals surface area contributed by atoms with Gasteiger partial charge in [-0.2, -0.15) is 0 Å². The smallest absolute Gasteiger partial charge is 0.338 e. The summed E-state index contributed by atoms with van der Waals surface area (Å²) >= 11 is 11.8. The molecule has 0 aromatic heterocycles. The van der Waals surface area contributed by atoms with Crippen molar-refractivity contribution in [1.82, 2.24) is 0 Å². The van der Waals surface area contributed by atoms with Gasteiger partial charge in [0.15, 0.2) is 6.29 Å². The lowest BCUT2D eigenvalue weighted by molar-refractivity contribution is -0.386. The Morgan fingerprint density at radius 2 is 1.51 bits per heavy atom. The number of ether oxygens (including phenoxy) is 4. The zero-order valence-corrected chi connectivity index (χ0v) is 20.8. The van der Waals surface area contributed by atoms with Gasteiger partial charge in [0.1, 0.15) is 18.8 Å². The maximum Gasteiger partial charge on any atom is 0.338 e. The van der Waals surface area contributed by atoms with Gasteiger partial charge in [0.2, 0.25) is 0 Å². The zero-order valence-electron chi connectivity index (χ0n) is 19.3. The van der Waals surface area contributed by atoms with Crippen LogP contribution >= 0.6 is 23.2 Å². The number of halogens is 2. The molecule has 3 aromatic rings. The molecule has 3 aromatic carbocycles. The van der Waals surface area contributed by atoms with Crippen LogP contribution in [-0.4, -0.2) is 42.0 Å². The normalized spacial score (nSPS) is 18.8. The number of para-hydroxylation sites is 1. The Kier molecular flexibility index (Phi) is 8.73. The van der Waals surface area contributed by atoms with Crippen LogP contribution in [0.1, 0.15) is 32.7 Å². The maximum absolute atomic E-state index is 12.7. The molecule has 0 bridgehead atoms. The van der Waals surface area contributed by atoms with Crippen LogP contribution in [0.15, 0.2) is 72.8 Å². The minimum atomic E-state index is -0.859. The summed E-state index contributed by atoms with van der Waals surface area (Å²) in [7, 11) is 0. The molecule has 37 heavy (non-hydrogen) atoms. The number of carbonyl (C=O) groups is 2. The highest BCUT2D eigenvalue weighted by Gasteiger charge is 2.40. The van der Waals surface area contributed by atoms with Gasteiger partial charge in [0, 0.05) is 22.5 Å². The number of esters is 2. The zero-order chi connectivity index (χ0) is 26.4. The summed E-state index contributed by atoms with van der Waals surface area (Å²) < 4.78 is 22.7. The lowest BCUT2D eigenvalue weighted by Crippen LogP contribution is -2.32. The molecule has 0 spiro atoms. The average molecular weight is 546 g/mol. The van der Waals surface area contributed by atoms with E-state index in [2.05, 4.69) is 0 Å². The summed E-state index contributed by atoms with van der Waals surface area (Å²) in [5.41, 5.74) is 0.856. The van der Waals surface area contributed by atoms with Crippen molar-refractivity contribution in [2.75, 3.05) is 6.61 Å². The van der Waals surface area contributed by atoms with Crippen LogP contribution in [0, 0.1) is 10.1 Å². The fourth-order valence-corrected chi connectivity index (χ4v) is 3.92. The van der Waals surface area contributed by atoms with Crippen molar-refractivity contribution in [2.45, 2.75) is 31.5 Å². The second-order valence-corrected chi connectivity index (χ2v) is 8.97. The van der Waals surface area contributed by atoms with Crippen molar-refractivity contribution in [1.29, 1.82) is 0 Å². The van der Waals surface area contributed by atoms with E-state index in [-0.39, 0.29) is 30.9 Å². The molecular formula is C26H21Cl2NO8. The third-order valence-corrected chi connectivity index (χ3v) is 6.08. The number of benzene rings is 3. The molecule has 1 heterocycles. The minimum absolute atomic E-state index is 0.0837. The van der Waals surface area contributed by atoms with Gasteiger partial charge in [-0.25, -0.2) is 9.59 Å². The summed E-state index contributed by atoms with van der Waals surface area (Å²) in [6, 6.07) is 18.5. The van der Waals surface area contributed by atoms with Gasteiger partial charge >= 0.3 is 11.9 Å². The molecule has 0 amide bonds. The highest BCUT2D eigenvalue weighted by molar-refractivity contribution is 6.31. The van der Waals surface area contributed by atoms with E-state index in [1.165, 1.54) is 30.3 Å². The largest absolute Gasteiger partial charge is 0.459 e. The Hall–Kier alpha value is -3.50. The summed E-state index contributed by atoms with van der Waals surface area (Å²) in [6.07, 6.45) is -2.37. The van der Waals surface area contributed by atoms with E-state index < -0.39 is 35.4 Å². The predicted octanol–water partition coefficient (Wildman–Crippen LogP) is 5.62. The Bertz CT molecular complexity index is 1270. The van der Waals surface area contributed by atoms with E-state index in [0.717, 1.165) is 0 Å². The number of nitrogens with zero attached hydrogens (tertiary/aromatic N) is 1. The van der Waals surface area contributed by atoms with E-state index >= 15 is 0 Å². The van der Waals surface area contributed by atoms with Crippen molar-refractivity contribution in [3.8, 4) is 0 Å². The predicted molar refractivity (Wildman–Crippen MR) is 134 cm³/mol. The van der Waals surface area contributed by atoms with Crippen LogP contribution in [0.5, 0.6) is 0 Å². The van der Waals surface area contributed by atoms with Crippen molar-refractivity contribution in [2.24, 2.45) is 0 Å². The first kappa shape index (κ1) is 26.6. The fourth-order valence-electron chi connectivity index (χ4n) is 3.67. The van der Waals surface area contributed by atoms with Crippen LogP contribution in [0.3, 0.4) is 0 Å². The Labute approximate surface area is 221 Å². The van der Waals surface area contributed by atoms with Gasteiger partial charge in [0.25, 0.3) is 5.69 Å². The number of rotatable bonds is 9. The average Bonchev–Trinajstić information content (AvgIpc) is 3.28. The van der Waals surface area contributed by atoms with Gasteiger partial charge in [-0.1, -0.05) is 35.3 Å². The molecule has 1 aliphatic heterocycles. The van der Waals surface area contributed by atoms with Crippen molar-refractivity contribution < 1.29 is 33.5 Å². The molecule has 192 valence electrons. The third kappa shape index (κ3) is 7.05. The highest BCUT2D eigenvalue weighted by Crippen LogP contribution is 2.28. The van der Waals surface area contributed by atoms with E-state index in [1.54, 1.807) is 42.5 Å². The van der Waals surface area contributed by atoms with Crippen molar-refractivity contribution >= 4 is 40.8 Å². The number of carbonyl (C=O) groups excluding carboxylic acids is 2. The SMILES string of the molecule is O=C(OC[C@H]1O[C@H](OCc2ccccc2[N+](=O)[O-])C[C@@H]1OC(=O)c1ccc(Cl)cc1)c1ccc(Cl)cc1. The van der Waals surface area contributed by atoms with E-state index in [4.69, 9.17) is 42.1 Å². The molecule has 4 rings (SSSR count). The van der Waals surface area contributed by atoms with E-state index in [9.17, 15) is 19.7 Å². The van der Waals surface area contributed by atoms with Crippen LogP contribution < -0.4 is 0 Å². The van der Waals surface area contributed by atoms with Gasteiger partial charge in [-0.15, -0.1) is 0 Å². The van der Waals surface area contributed by atoms with Crippen LogP contribution in [0.2, 0.25) is 10.0 Å². The Morgan fingerprint density at radius 3 is 2.14 bits per heavy atom. The van der Waals surface area contributed by atoms with Gasteiger partial charge in [-0.05, 0) is 54.6 Å². The highest BCUT2D eigenvalue weighted by atomic mass is 35.5. The lowest BCUT2D eigenvalue weighted by atomic mass is 10.1. The molecule has 0 saturated carbocycles. The van der Waals surface area contributed by atoms with Gasteiger partial charge in [0.05, 0.1) is 28.2 Å². The van der Waals surface area contributed by atoms with Crippen molar-refractivity contribution in [3.63, 3.8) is 0 Å². The number of hydrogen-bond donors (Lipinski definition) is 0. The lowest BCUT2D eigenvalue weighted by Gasteiger charge is -2.19. The van der Waals surface area contributed by atoms with Gasteiger partial charge in [-0.3, -0.25) is 10.1 Å². The Balaban J connectivity index is 1.43. The number of hydrogen-bond acceptors (Lipinski definition) is 8. The fraction of sp³-hybridized carbons (Fsp3) is 0.231. The maximum atomic E-state index is 12.7. The Morgan fingerprint density at radius 1 is 0.919 bits per heavy atom. The summed E-state index contributed by atoms with van der Waals surface area (Å²) in [6.45, 7) is -0.317. The summed E-state index contributed by atoms with van der Waals surface area (Å²) in [5.74, 6) is -1.22. The van der Waals surface area contributed by atoms with Crippen molar-refractivity contribution in [3.05, 3.63) is 110 Å². The van der Waals surface area contributed by atoms with Crippen LogP contribution in [0.25, 0.3) is 0 Å². The molecule has 0 N–H and O–H groups in total. The molecule has 0 aliphatic carbocycles. The topological polar surface area (TPSA) is 114 Å². The second-order valence-electron chi connectivity index (χ2n) is 8.09.